The molecule has 4 heterocycles. The van der Waals surface area contributed by atoms with E-state index in [9.17, 15) is 4.79 Å². The van der Waals surface area contributed by atoms with Crippen LogP contribution in [-0.4, -0.2) is 29.0 Å². The molecule has 0 unspecified atom stereocenters. The van der Waals surface area contributed by atoms with Crippen LogP contribution in [0.5, 0.6) is 0 Å². The molecule has 0 aliphatic heterocycles. The summed E-state index contributed by atoms with van der Waals surface area (Å²) in [5, 5.41) is 6.16. The number of nitrogens with zero attached hydrogens (tertiary/aromatic N) is 6. The Labute approximate surface area is 171 Å². The van der Waals surface area contributed by atoms with Crippen molar-refractivity contribution >= 4 is 49.9 Å². The molecule has 0 aliphatic rings. The molecule has 1 aromatic carbocycles. The van der Waals surface area contributed by atoms with E-state index in [2.05, 4.69) is 31.0 Å². The van der Waals surface area contributed by atoms with Crippen molar-refractivity contribution in [2.75, 3.05) is 0 Å². The number of aryl methyl sites for hydroxylation is 1. The van der Waals surface area contributed by atoms with Crippen molar-refractivity contribution < 1.29 is 0 Å². The molecule has 28 heavy (non-hydrogen) atoms. The molecule has 0 bridgehead atoms. The van der Waals surface area contributed by atoms with Crippen molar-refractivity contribution in [3.05, 3.63) is 75.0 Å². The minimum atomic E-state index is -0.116. The Balaban J connectivity index is 1.56. The number of para-hydroxylation sites is 1. The lowest BCUT2D eigenvalue weighted by Gasteiger charge is -2.07. The van der Waals surface area contributed by atoms with Gasteiger partial charge in [0.05, 0.1) is 11.2 Å². The first-order valence-electron chi connectivity index (χ1n) is 8.51. The van der Waals surface area contributed by atoms with Gasteiger partial charge < -0.3 is 0 Å². The van der Waals surface area contributed by atoms with Crippen molar-refractivity contribution in [2.24, 2.45) is 0 Å². The number of fused-ring (bicyclic) bond motifs is 4. The number of thioether (sulfide) groups is 1. The third-order valence-corrected chi connectivity index (χ3v) is 5.71. The number of hydrogen-bond acceptors (Lipinski definition) is 6. The molecule has 4 aromatic heterocycles. The second kappa shape index (κ2) is 6.68. The molecule has 9 heteroatoms. The van der Waals surface area contributed by atoms with Gasteiger partial charge in [-0.05, 0) is 47.1 Å². The average molecular weight is 453 g/mol. The zero-order valence-electron chi connectivity index (χ0n) is 14.7. The number of benzene rings is 1. The van der Waals surface area contributed by atoms with Gasteiger partial charge in [0.25, 0.3) is 5.56 Å². The van der Waals surface area contributed by atoms with Gasteiger partial charge in [0.15, 0.2) is 10.8 Å². The smallest absolute Gasteiger partial charge is 0.258 e. The molecular weight excluding hydrogens is 440 g/mol. The van der Waals surface area contributed by atoms with E-state index in [-0.39, 0.29) is 5.56 Å². The van der Waals surface area contributed by atoms with Crippen LogP contribution in [0.2, 0.25) is 0 Å². The second-order valence-electron chi connectivity index (χ2n) is 6.26. The predicted octanol–water partition coefficient (Wildman–Crippen LogP) is 3.65. The largest absolute Gasteiger partial charge is 0.269 e. The highest BCUT2D eigenvalue weighted by Gasteiger charge is 2.13. The van der Waals surface area contributed by atoms with Gasteiger partial charge in [0, 0.05) is 27.9 Å². The Hall–Kier alpha value is -2.78. The van der Waals surface area contributed by atoms with Crippen LogP contribution < -0.4 is 5.56 Å². The van der Waals surface area contributed by atoms with E-state index >= 15 is 0 Å². The molecule has 7 nitrogen and oxygen atoms in total. The topological polar surface area (TPSA) is 77.5 Å². The first kappa shape index (κ1) is 17.3. The molecule has 0 saturated carbocycles. The van der Waals surface area contributed by atoms with Gasteiger partial charge in [0.2, 0.25) is 0 Å². The predicted molar refractivity (Wildman–Crippen MR) is 112 cm³/mol. The summed E-state index contributed by atoms with van der Waals surface area (Å²) in [6, 6.07) is 13.1. The maximum absolute atomic E-state index is 12.4. The van der Waals surface area contributed by atoms with Gasteiger partial charge >= 0.3 is 0 Å². The SMILES string of the molecule is Cc1nc2c3ccccc3nc(SCc3cc(=O)n4cc(Br)ccc4n3)n2n1. The minimum absolute atomic E-state index is 0.116. The highest BCUT2D eigenvalue weighted by molar-refractivity contribution is 9.10. The van der Waals surface area contributed by atoms with Crippen LogP contribution in [0.4, 0.5) is 0 Å². The number of halogens is 1. The Morgan fingerprint density at radius 3 is 2.86 bits per heavy atom. The maximum Gasteiger partial charge on any atom is 0.258 e. The van der Waals surface area contributed by atoms with E-state index in [0.717, 1.165) is 21.0 Å². The Morgan fingerprint density at radius 2 is 1.96 bits per heavy atom. The summed E-state index contributed by atoms with van der Waals surface area (Å²) < 4.78 is 4.11. The minimum Gasteiger partial charge on any atom is -0.269 e. The van der Waals surface area contributed by atoms with Crippen LogP contribution in [0, 0.1) is 6.92 Å². The maximum atomic E-state index is 12.4. The monoisotopic (exact) mass is 452 g/mol. The van der Waals surface area contributed by atoms with Crippen molar-refractivity contribution in [3.8, 4) is 0 Å². The average Bonchev–Trinajstić information content (AvgIpc) is 3.08. The molecule has 5 rings (SSSR count). The molecule has 5 aromatic rings. The van der Waals surface area contributed by atoms with Crippen LogP contribution in [0.25, 0.3) is 22.2 Å². The van der Waals surface area contributed by atoms with Gasteiger partial charge in [-0.15, -0.1) is 5.10 Å². The summed E-state index contributed by atoms with van der Waals surface area (Å²) in [5.41, 5.74) is 2.83. The van der Waals surface area contributed by atoms with Crippen molar-refractivity contribution in [1.29, 1.82) is 0 Å². The third-order valence-electron chi connectivity index (χ3n) is 4.28. The molecule has 0 spiro atoms. The number of pyridine rings is 1. The summed E-state index contributed by atoms with van der Waals surface area (Å²) in [7, 11) is 0. The second-order valence-corrected chi connectivity index (χ2v) is 8.11. The first-order valence-corrected chi connectivity index (χ1v) is 10.3. The van der Waals surface area contributed by atoms with Crippen molar-refractivity contribution in [3.63, 3.8) is 0 Å². The molecule has 138 valence electrons. The van der Waals surface area contributed by atoms with Gasteiger partial charge in [-0.3, -0.25) is 9.20 Å². The van der Waals surface area contributed by atoms with Crippen molar-refractivity contribution in [1.82, 2.24) is 29.0 Å². The number of aromatic nitrogens is 6. The lowest BCUT2D eigenvalue weighted by Crippen LogP contribution is -2.15. The molecule has 0 N–H and O–H groups in total. The van der Waals surface area contributed by atoms with Gasteiger partial charge in [-0.1, -0.05) is 23.9 Å². The number of rotatable bonds is 3. The van der Waals surface area contributed by atoms with E-state index in [1.54, 1.807) is 16.8 Å². The molecule has 0 saturated heterocycles. The van der Waals surface area contributed by atoms with Gasteiger partial charge in [-0.25, -0.2) is 15.0 Å². The van der Waals surface area contributed by atoms with Gasteiger partial charge in [-0.2, -0.15) is 4.52 Å². The van der Waals surface area contributed by atoms with E-state index in [1.165, 1.54) is 16.2 Å². The third kappa shape index (κ3) is 2.96. The quantitative estimate of drug-likeness (QED) is 0.307. The molecule has 0 amide bonds. The summed E-state index contributed by atoms with van der Waals surface area (Å²) in [5.74, 6) is 1.19. The number of hydrogen-bond donors (Lipinski definition) is 0. The molecule has 0 fully saturated rings. The van der Waals surface area contributed by atoms with Gasteiger partial charge in [0.1, 0.15) is 11.5 Å². The Kier molecular flexibility index (Phi) is 4.13. The summed E-state index contributed by atoms with van der Waals surface area (Å²) in [4.78, 5) is 26.3. The molecule has 0 aliphatic carbocycles. The highest BCUT2D eigenvalue weighted by Crippen LogP contribution is 2.25. The fourth-order valence-corrected chi connectivity index (χ4v) is 4.24. The lowest BCUT2D eigenvalue weighted by molar-refractivity contribution is 0.796. The van der Waals surface area contributed by atoms with Crippen molar-refractivity contribution in [2.45, 2.75) is 17.8 Å². The zero-order chi connectivity index (χ0) is 19.3. The summed E-state index contributed by atoms with van der Waals surface area (Å²) >= 11 is 4.86. The standard InChI is InChI=1S/C19H13BrN6OS/c1-11-21-18-14-4-2-3-5-15(14)23-19(26(18)24-11)28-10-13-8-17(27)25-9-12(20)6-7-16(25)22-13/h2-9H,10H2,1H3. The van der Waals surface area contributed by atoms with Crippen LogP contribution in [0.3, 0.4) is 0 Å². The van der Waals surface area contributed by atoms with Crippen LogP contribution in [-0.2, 0) is 5.75 Å². The first-order chi connectivity index (χ1) is 13.6. The zero-order valence-corrected chi connectivity index (χ0v) is 17.1. The van der Waals surface area contributed by atoms with E-state index in [1.807, 2.05) is 43.3 Å². The Morgan fingerprint density at radius 1 is 1.11 bits per heavy atom. The van der Waals surface area contributed by atoms with Crippen LogP contribution in [0.1, 0.15) is 11.5 Å². The molecule has 0 atom stereocenters. The fraction of sp³-hybridized carbons (Fsp3) is 0.105. The highest BCUT2D eigenvalue weighted by atomic mass is 79.9. The van der Waals surface area contributed by atoms with E-state index < -0.39 is 0 Å². The summed E-state index contributed by atoms with van der Waals surface area (Å²) in [6.45, 7) is 1.86. The van der Waals surface area contributed by atoms with Crippen LogP contribution in [0.15, 0.2) is 63.1 Å². The Bertz CT molecular complexity index is 1430. The molecule has 0 radical (unpaired) electrons. The fourth-order valence-electron chi connectivity index (χ4n) is 3.07. The van der Waals surface area contributed by atoms with E-state index in [4.69, 9.17) is 4.98 Å². The van der Waals surface area contributed by atoms with Crippen LogP contribution >= 0.6 is 27.7 Å². The molecular formula is C19H13BrN6OS. The normalized spacial score (nSPS) is 11.6. The summed E-state index contributed by atoms with van der Waals surface area (Å²) in [6.07, 6.45) is 1.72. The van der Waals surface area contributed by atoms with E-state index in [0.29, 0.717) is 28.1 Å². The lowest BCUT2D eigenvalue weighted by atomic mass is 10.2.